The summed E-state index contributed by atoms with van der Waals surface area (Å²) in [7, 11) is 0. The number of imide groups is 2. The van der Waals surface area contributed by atoms with Crippen molar-refractivity contribution < 1.29 is 23.9 Å². The van der Waals surface area contributed by atoms with Crippen molar-refractivity contribution >= 4 is 35.5 Å². The summed E-state index contributed by atoms with van der Waals surface area (Å²) in [5.41, 5.74) is 1.42. The number of carbonyl (C=O) groups is 3. The molecule has 0 radical (unpaired) electrons. The first-order valence-electron chi connectivity index (χ1n) is 8.42. The molecule has 1 aliphatic rings. The van der Waals surface area contributed by atoms with Gasteiger partial charge in [-0.1, -0.05) is 23.7 Å². The van der Waals surface area contributed by atoms with E-state index in [1.807, 2.05) is 23.6 Å². The Morgan fingerprint density at radius 2 is 1.46 bits per heavy atom. The highest BCUT2D eigenvalue weighted by molar-refractivity contribution is 6.31. The van der Waals surface area contributed by atoms with Gasteiger partial charge < -0.3 is 9.47 Å². The molecular formula is C20H17ClN2O5. The number of benzene rings is 2. The van der Waals surface area contributed by atoms with Crippen LogP contribution in [0.25, 0.3) is 6.08 Å². The highest BCUT2D eigenvalue weighted by atomic mass is 35.5. The number of hydrogen-bond acceptors (Lipinski definition) is 5. The van der Waals surface area contributed by atoms with Crippen LogP contribution in [0.1, 0.15) is 11.1 Å². The number of hydrogen-bond donors (Lipinski definition) is 2. The van der Waals surface area contributed by atoms with Crippen LogP contribution in [0.15, 0.2) is 48.0 Å². The van der Waals surface area contributed by atoms with E-state index in [0.29, 0.717) is 29.5 Å². The molecule has 1 heterocycles. The van der Waals surface area contributed by atoms with Crippen LogP contribution < -0.4 is 20.1 Å². The molecular weight excluding hydrogens is 384 g/mol. The third kappa shape index (κ3) is 4.89. The zero-order valence-corrected chi connectivity index (χ0v) is 15.7. The smallest absolute Gasteiger partial charge is 0.328 e. The highest BCUT2D eigenvalue weighted by Crippen LogP contribution is 2.21. The van der Waals surface area contributed by atoms with Gasteiger partial charge in [0.25, 0.3) is 11.8 Å². The zero-order valence-electron chi connectivity index (χ0n) is 15.0. The van der Waals surface area contributed by atoms with E-state index in [1.165, 1.54) is 6.08 Å². The average molecular weight is 401 g/mol. The normalized spacial score (nSPS) is 13.6. The third-order valence-corrected chi connectivity index (χ3v) is 4.31. The Hall–Kier alpha value is -3.32. The van der Waals surface area contributed by atoms with Crippen molar-refractivity contribution in [3.8, 4) is 11.5 Å². The molecule has 1 saturated heterocycles. The summed E-state index contributed by atoms with van der Waals surface area (Å²) in [5.74, 6) is -0.131. The number of aryl methyl sites for hydroxylation is 1. The predicted octanol–water partition coefficient (Wildman–Crippen LogP) is 2.86. The van der Waals surface area contributed by atoms with Gasteiger partial charge in [-0.15, -0.1) is 0 Å². The maximum atomic E-state index is 11.7. The van der Waals surface area contributed by atoms with Crippen LogP contribution in [0, 0.1) is 6.92 Å². The number of carbonyl (C=O) groups excluding carboxylic acids is 3. The summed E-state index contributed by atoms with van der Waals surface area (Å²) in [6.07, 6.45) is 1.40. The van der Waals surface area contributed by atoms with Crippen molar-refractivity contribution in [1.29, 1.82) is 0 Å². The Balaban J connectivity index is 1.52. The molecule has 1 fully saturated rings. The lowest BCUT2D eigenvalue weighted by Crippen LogP contribution is -2.51. The Morgan fingerprint density at radius 3 is 2.07 bits per heavy atom. The van der Waals surface area contributed by atoms with Crippen LogP contribution in [0.5, 0.6) is 11.5 Å². The third-order valence-electron chi connectivity index (χ3n) is 3.88. The molecule has 144 valence electrons. The highest BCUT2D eigenvalue weighted by Gasteiger charge is 2.27. The van der Waals surface area contributed by atoms with Gasteiger partial charge in [0.2, 0.25) is 0 Å². The summed E-state index contributed by atoms with van der Waals surface area (Å²) < 4.78 is 11.2. The van der Waals surface area contributed by atoms with Gasteiger partial charge in [-0.2, -0.15) is 0 Å². The molecule has 2 aromatic carbocycles. The lowest BCUT2D eigenvalue weighted by molar-refractivity contribution is -0.123. The molecule has 7 nitrogen and oxygen atoms in total. The largest absolute Gasteiger partial charge is 0.490 e. The molecule has 4 amide bonds. The van der Waals surface area contributed by atoms with Crippen LogP contribution in [0.2, 0.25) is 5.02 Å². The molecule has 0 spiro atoms. The van der Waals surface area contributed by atoms with Gasteiger partial charge in [0.1, 0.15) is 30.3 Å². The SMILES string of the molecule is Cc1cc(OCCOc2ccc(C=C3C(=O)NC(=O)NC3=O)cc2)ccc1Cl. The summed E-state index contributed by atoms with van der Waals surface area (Å²) in [5, 5.41) is 4.73. The van der Waals surface area contributed by atoms with Crippen molar-refractivity contribution in [3.63, 3.8) is 0 Å². The molecule has 0 atom stereocenters. The summed E-state index contributed by atoms with van der Waals surface area (Å²) >= 11 is 5.98. The molecule has 28 heavy (non-hydrogen) atoms. The number of urea groups is 1. The first kappa shape index (κ1) is 19.4. The number of halogens is 1. The number of nitrogens with one attached hydrogen (secondary N) is 2. The summed E-state index contributed by atoms with van der Waals surface area (Å²) in [6.45, 7) is 2.61. The van der Waals surface area contributed by atoms with Gasteiger partial charge in [-0.25, -0.2) is 4.79 Å². The minimum atomic E-state index is -0.827. The fourth-order valence-electron chi connectivity index (χ4n) is 2.46. The first-order valence-corrected chi connectivity index (χ1v) is 8.80. The Labute approximate surface area is 166 Å². The van der Waals surface area contributed by atoms with Crippen LogP contribution in [0.3, 0.4) is 0 Å². The van der Waals surface area contributed by atoms with Crippen molar-refractivity contribution in [3.05, 3.63) is 64.2 Å². The maximum absolute atomic E-state index is 11.7. The zero-order chi connectivity index (χ0) is 20.1. The molecule has 2 aromatic rings. The topological polar surface area (TPSA) is 93.7 Å². The summed E-state index contributed by atoms with van der Waals surface area (Å²) in [6, 6.07) is 11.4. The second-order valence-electron chi connectivity index (χ2n) is 5.97. The van der Waals surface area contributed by atoms with E-state index in [4.69, 9.17) is 21.1 Å². The van der Waals surface area contributed by atoms with Gasteiger partial charge in [0.15, 0.2) is 0 Å². The van der Waals surface area contributed by atoms with Gasteiger partial charge in [0, 0.05) is 5.02 Å². The number of barbiturate groups is 1. The van der Waals surface area contributed by atoms with Crippen molar-refractivity contribution in [2.45, 2.75) is 6.92 Å². The van der Waals surface area contributed by atoms with Crippen LogP contribution in [-0.4, -0.2) is 31.1 Å². The lowest BCUT2D eigenvalue weighted by atomic mass is 10.1. The van der Waals surface area contributed by atoms with Crippen LogP contribution in [0.4, 0.5) is 4.79 Å². The van der Waals surface area contributed by atoms with E-state index >= 15 is 0 Å². The molecule has 0 saturated carbocycles. The van der Waals surface area contributed by atoms with Crippen molar-refractivity contribution in [2.24, 2.45) is 0 Å². The standard InChI is InChI=1S/C20H17ClN2O5/c1-12-10-15(6-7-17(12)21)28-9-8-27-14-4-2-13(3-5-14)11-16-18(24)22-20(26)23-19(16)25/h2-7,10-11H,8-9H2,1H3,(H2,22,23,24,25,26). The van der Waals surface area contributed by atoms with Gasteiger partial charge >= 0.3 is 6.03 Å². The molecule has 0 aliphatic carbocycles. The van der Waals surface area contributed by atoms with Crippen LogP contribution >= 0.6 is 11.6 Å². The van der Waals surface area contributed by atoms with Gasteiger partial charge in [-0.05, 0) is 54.5 Å². The van der Waals surface area contributed by atoms with Crippen LogP contribution in [-0.2, 0) is 9.59 Å². The van der Waals surface area contributed by atoms with E-state index in [2.05, 4.69) is 0 Å². The number of rotatable bonds is 6. The number of amides is 4. The van der Waals surface area contributed by atoms with Crippen molar-refractivity contribution in [2.75, 3.05) is 13.2 Å². The van der Waals surface area contributed by atoms with Crippen molar-refractivity contribution in [1.82, 2.24) is 10.6 Å². The monoisotopic (exact) mass is 400 g/mol. The minimum Gasteiger partial charge on any atom is -0.490 e. The van der Waals surface area contributed by atoms with Gasteiger partial charge in [0.05, 0.1) is 0 Å². The molecule has 0 unspecified atom stereocenters. The molecule has 8 heteroatoms. The van der Waals surface area contributed by atoms with E-state index < -0.39 is 17.8 Å². The second-order valence-corrected chi connectivity index (χ2v) is 6.38. The maximum Gasteiger partial charge on any atom is 0.328 e. The van der Waals surface area contributed by atoms with E-state index in [1.54, 1.807) is 36.4 Å². The fraction of sp³-hybridized carbons (Fsp3) is 0.150. The molecule has 1 aliphatic heterocycles. The minimum absolute atomic E-state index is 0.139. The summed E-state index contributed by atoms with van der Waals surface area (Å²) in [4.78, 5) is 34.5. The molecule has 0 aromatic heterocycles. The lowest BCUT2D eigenvalue weighted by Gasteiger charge is -2.14. The fourth-order valence-corrected chi connectivity index (χ4v) is 2.58. The van der Waals surface area contributed by atoms with Gasteiger partial charge in [-0.3, -0.25) is 20.2 Å². The predicted molar refractivity (Wildman–Crippen MR) is 103 cm³/mol. The Morgan fingerprint density at radius 1 is 0.893 bits per heavy atom. The average Bonchev–Trinajstić information content (AvgIpc) is 2.65. The second kappa shape index (κ2) is 8.58. The first-order chi connectivity index (χ1) is 13.4. The van der Waals surface area contributed by atoms with E-state index in [9.17, 15) is 14.4 Å². The molecule has 0 bridgehead atoms. The van der Waals surface area contributed by atoms with E-state index in [-0.39, 0.29) is 5.57 Å². The Kier molecular flexibility index (Phi) is 5.96. The quantitative estimate of drug-likeness (QED) is 0.442. The molecule has 3 rings (SSSR count). The number of ether oxygens (including phenoxy) is 2. The van der Waals surface area contributed by atoms with E-state index in [0.717, 1.165) is 11.3 Å². The molecule has 2 N–H and O–H groups in total. The Bertz CT molecular complexity index is 932.